The third-order valence-electron chi connectivity index (χ3n) is 3.56. The Morgan fingerprint density at radius 1 is 1.19 bits per heavy atom. The van der Waals surface area contributed by atoms with Gasteiger partial charge in [-0.15, -0.1) is 0 Å². The van der Waals surface area contributed by atoms with Gasteiger partial charge in [0.15, 0.2) is 6.10 Å². The summed E-state index contributed by atoms with van der Waals surface area (Å²) < 4.78 is 10.2. The lowest BCUT2D eigenvalue weighted by Crippen LogP contribution is -2.30. The van der Waals surface area contributed by atoms with E-state index >= 15 is 0 Å². The third kappa shape index (κ3) is 4.56. The number of nitro groups is 1. The molecule has 0 bridgehead atoms. The molecule has 1 unspecified atom stereocenters. The van der Waals surface area contributed by atoms with Gasteiger partial charge in [0.2, 0.25) is 0 Å². The molecule has 0 aliphatic heterocycles. The highest BCUT2D eigenvalue weighted by atomic mass is 16.6. The van der Waals surface area contributed by atoms with E-state index in [1.807, 2.05) is 13.0 Å². The molecule has 2 aromatic carbocycles. The number of methoxy groups -OCH3 is 1. The number of nitrogens with one attached hydrogen (secondary N) is 1. The second-order valence-electron chi connectivity index (χ2n) is 5.55. The molecule has 1 N–H and O–H groups in total. The number of rotatable bonds is 6. The number of hydrogen-bond acceptors (Lipinski definition) is 6. The van der Waals surface area contributed by atoms with Crippen molar-refractivity contribution in [3.8, 4) is 5.75 Å². The van der Waals surface area contributed by atoms with E-state index in [0.29, 0.717) is 5.56 Å². The first-order valence-electron chi connectivity index (χ1n) is 7.72. The third-order valence-corrected chi connectivity index (χ3v) is 3.56. The van der Waals surface area contributed by atoms with Crippen molar-refractivity contribution >= 4 is 23.3 Å². The first-order valence-corrected chi connectivity index (χ1v) is 7.72. The molecule has 0 radical (unpaired) electrons. The summed E-state index contributed by atoms with van der Waals surface area (Å²) in [6, 6.07) is 10.6. The molecule has 0 fully saturated rings. The minimum absolute atomic E-state index is 0.116. The maximum atomic E-state index is 12.3. The summed E-state index contributed by atoms with van der Waals surface area (Å²) in [5.74, 6) is -1.02. The Kier molecular flexibility index (Phi) is 5.90. The van der Waals surface area contributed by atoms with Crippen molar-refractivity contribution in [2.45, 2.75) is 20.0 Å². The first kappa shape index (κ1) is 18.9. The molecule has 0 saturated heterocycles. The molecule has 0 heterocycles. The number of amides is 1. The van der Waals surface area contributed by atoms with E-state index in [1.165, 1.54) is 32.2 Å². The Balaban J connectivity index is 2.10. The molecule has 0 spiro atoms. The van der Waals surface area contributed by atoms with Crippen molar-refractivity contribution in [3.63, 3.8) is 0 Å². The Hall–Kier alpha value is -3.42. The summed E-state index contributed by atoms with van der Waals surface area (Å²) >= 11 is 0. The van der Waals surface area contributed by atoms with Crippen LogP contribution in [0.1, 0.15) is 22.8 Å². The average molecular weight is 358 g/mol. The van der Waals surface area contributed by atoms with E-state index in [2.05, 4.69) is 5.32 Å². The topological polar surface area (TPSA) is 108 Å². The van der Waals surface area contributed by atoms with Crippen LogP contribution < -0.4 is 10.1 Å². The molecule has 0 aliphatic rings. The Morgan fingerprint density at radius 2 is 1.92 bits per heavy atom. The number of nitrogens with zero attached hydrogens (tertiary/aromatic N) is 1. The monoisotopic (exact) mass is 358 g/mol. The minimum Gasteiger partial charge on any atom is -0.495 e. The Bertz CT molecular complexity index is 849. The van der Waals surface area contributed by atoms with Gasteiger partial charge < -0.3 is 14.8 Å². The molecule has 0 aliphatic carbocycles. The second-order valence-corrected chi connectivity index (χ2v) is 5.55. The summed E-state index contributed by atoms with van der Waals surface area (Å²) in [6.45, 7) is 3.24. The van der Waals surface area contributed by atoms with Gasteiger partial charge in [0.05, 0.1) is 23.3 Å². The van der Waals surface area contributed by atoms with Crippen LogP contribution in [0.25, 0.3) is 0 Å². The maximum Gasteiger partial charge on any atom is 0.338 e. The predicted molar refractivity (Wildman–Crippen MR) is 94.3 cm³/mol. The summed E-state index contributed by atoms with van der Waals surface area (Å²) in [6.07, 6.45) is -1.10. The number of non-ortho nitro benzene ring substituents is 1. The van der Waals surface area contributed by atoms with Crippen LogP contribution in [-0.2, 0) is 9.53 Å². The number of benzene rings is 2. The summed E-state index contributed by atoms with van der Waals surface area (Å²) in [4.78, 5) is 34.7. The molecule has 2 aromatic rings. The number of ether oxygens (including phenoxy) is 2. The van der Waals surface area contributed by atoms with Crippen LogP contribution in [0.4, 0.5) is 11.4 Å². The minimum atomic E-state index is -1.10. The van der Waals surface area contributed by atoms with Crippen LogP contribution >= 0.6 is 0 Å². The van der Waals surface area contributed by atoms with E-state index in [-0.39, 0.29) is 17.1 Å². The standard InChI is InChI=1S/C18H18N2O6/c1-11-5-4-6-13(9-11)18(22)26-12(2)17(21)19-15-10-14(20(23)24)7-8-16(15)25-3/h4-10,12H,1-3H3,(H,19,21). The molecular formula is C18H18N2O6. The molecule has 0 aromatic heterocycles. The summed E-state index contributed by atoms with van der Waals surface area (Å²) in [5.41, 5.74) is 1.13. The van der Waals surface area contributed by atoms with Gasteiger partial charge in [0, 0.05) is 12.1 Å². The molecular weight excluding hydrogens is 340 g/mol. The van der Waals surface area contributed by atoms with Gasteiger partial charge in [-0.2, -0.15) is 0 Å². The second kappa shape index (κ2) is 8.11. The summed E-state index contributed by atoms with van der Waals surface area (Å²) in [7, 11) is 1.37. The lowest BCUT2D eigenvalue weighted by molar-refractivity contribution is -0.384. The highest BCUT2D eigenvalue weighted by Crippen LogP contribution is 2.29. The van der Waals surface area contributed by atoms with Gasteiger partial charge in [-0.1, -0.05) is 17.7 Å². The molecule has 26 heavy (non-hydrogen) atoms. The number of nitro benzene ring substituents is 1. The van der Waals surface area contributed by atoms with Crippen LogP contribution in [0.3, 0.4) is 0 Å². The summed E-state index contributed by atoms with van der Waals surface area (Å²) in [5, 5.41) is 13.4. The van der Waals surface area contributed by atoms with Gasteiger partial charge in [-0.3, -0.25) is 14.9 Å². The number of carbonyl (C=O) groups is 2. The number of carbonyl (C=O) groups excluding carboxylic acids is 2. The average Bonchev–Trinajstić information content (AvgIpc) is 2.61. The van der Waals surface area contributed by atoms with Gasteiger partial charge in [-0.05, 0) is 32.0 Å². The SMILES string of the molecule is COc1ccc([N+](=O)[O-])cc1NC(=O)C(C)OC(=O)c1cccc(C)c1. The van der Waals surface area contributed by atoms with Crippen molar-refractivity contribution in [3.05, 3.63) is 63.7 Å². The van der Waals surface area contributed by atoms with E-state index in [0.717, 1.165) is 5.56 Å². The molecule has 1 amide bonds. The normalized spacial score (nSPS) is 11.3. The largest absolute Gasteiger partial charge is 0.495 e. The first-order chi connectivity index (χ1) is 12.3. The van der Waals surface area contributed by atoms with Crippen molar-refractivity contribution < 1.29 is 24.0 Å². The lowest BCUT2D eigenvalue weighted by Gasteiger charge is -2.15. The maximum absolute atomic E-state index is 12.3. The smallest absolute Gasteiger partial charge is 0.338 e. The number of aryl methyl sites for hydroxylation is 1. The van der Waals surface area contributed by atoms with Crippen LogP contribution in [0.5, 0.6) is 5.75 Å². The number of hydrogen-bond donors (Lipinski definition) is 1. The zero-order valence-corrected chi connectivity index (χ0v) is 14.5. The van der Waals surface area contributed by atoms with Crippen LogP contribution in [-0.4, -0.2) is 30.0 Å². The number of anilines is 1. The van der Waals surface area contributed by atoms with Crippen molar-refractivity contribution in [1.82, 2.24) is 0 Å². The van der Waals surface area contributed by atoms with Gasteiger partial charge >= 0.3 is 5.97 Å². The molecule has 0 saturated carbocycles. The molecule has 8 heteroatoms. The van der Waals surface area contributed by atoms with Gasteiger partial charge in [-0.25, -0.2) is 4.79 Å². The highest BCUT2D eigenvalue weighted by Gasteiger charge is 2.21. The number of esters is 1. The van der Waals surface area contributed by atoms with Crippen molar-refractivity contribution in [2.24, 2.45) is 0 Å². The fraction of sp³-hybridized carbons (Fsp3) is 0.222. The van der Waals surface area contributed by atoms with Gasteiger partial charge in [0.1, 0.15) is 5.75 Å². The Morgan fingerprint density at radius 3 is 2.54 bits per heavy atom. The fourth-order valence-corrected chi connectivity index (χ4v) is 2.20. The predicted octanol–water partition coefficient (Wildman–Crippen LogP) is 3.10. The zero-order valence-electron chi connectivity index (χ0n) is 14.5. The van der Waals surface area contributed by atoms with E-state index in [4.69, 9.17) is 9.47 Å². The quantitative estimate of drug-likeness (QED) is 0.483. The molecule has 136 valence electrons. The molecule has 2 rings (SSSR count). The van der Waals surface area contributed by atoms with Crippen LogP contribution in [0.2, 0.25) is 0 Å². The van der Waals surface area contributed by atoms with Crippen molar-refractivity contribution in [2.75, 3.05) is 12.4 Å². The molecule has 1 atom stereocenters. The van der Waals surface area contributed by atoms with E-state index in [9.17, 15) is 19.7 Å². The van der Waals surface area contributed by atoms with E-state index < -0.39 is 22.9 Å². The Labute approximate surface area is 149 Å². The molecule has 8 nitrogen and oxygen atoms in total. The fourth-order valence-electron chi connectivity index (χ4n) is 2.20. The zero-order chi connectivity index (χ0) is 19.3. The highest BCUT2D eigenvalue weighted by molar-refractivity contribution is 5.98. The van der Waals surface area contributed by atoms with Gasteiger partial charge in [0.25, 0.3) is 11.6 Å². The van der Waals surface area contributed by atoms with Crippen LogP contribution in [0, 0.1) is 17.0 Å². The lowest BCUT2D eigenvalue weighted by atomic mass is 10.1. The van der Waals surface area contributed by atoms with Crippen molar-refractivity contribution in [1.29, 1.82) is 0 Å². The van der Waals surface area contributed by atoms with Crippen LogP contribution in [0.15, 0.2) is 42.5 Å². The van der Waals surface area contributed by atoms with E-state index in [1.54, 1.807) is 18.2 Å².